The van der Waals surface area contributed by atoms with Crippen molar-refractivity contribution in [1.82, 2.24) is 0 Å². The van der Waals surface area contributed by atoms with E-state index in [4.69, 9.17) is 4.74 Å². The molecule has 2 heteroatoms. The van der Waals surface area contributed by atoms with Gasteiger partial charge < -0.3 is 4.74 Å². The van der Waals surface area contributed by atoms with Gasteiger partial charge in [-0.25, -0.2) is 0 Å². The first-order chi connectivity index (χ1) is 3.77. The maximum Gasteiger partial charge on any atom is 0.0476 e. The Kier molecular flexibility index (Phi) is 5.66. The Morgan fingerprint density at radius 1 is 1.75 bits per heavy atom. The molecule has 0 bridgehead atoms. The molecule has 49 valence electrons. The highest BCUT2D eigenvalue weighted by Crippen LogP contribution is 1.97. The number of ether oxygens (including phenoxy) is 1. The van der Waals surface area contributed by atoms with E-state index in [1.54, 1.807) is 0 Å². The maximum absolute atomic E-state index is 4.98. The Balaban J connectivity index is 2.72. The van der Waals surface area contributed by atoms with Gasteiger partial charge in [0.1, 0.15) is 0 Å². The summed E-state index contributed by atoms with van der Waals surface area (Å²) in [5.41, 5.74) is 0. The minimum atomic E-state index is 0.446. The molecule has 0 fully saturated rings. The van der Waals surface area contributed by atoms with E-state index in [0.717, 1.165) is 13.0 Å². The van der Waals surface area contributed by atoms with E-state index in [2.05, 4.69) is 26.5 Å². The summed E-state index contributed by atoms with van der Waals surface area (Å²) in [6, 6.07) is 0. The summed E-state index contributed by atoms with van der Waals surface area (Å²) in [5.74, 6) is 0. The third-order valence-electron chi connectivity index (χ3n) is 0.824. The molecule has 0 aromatic heterocycles. The Morgan fingerprint density at radius 2 is 2.38 bits per heavy atom. The first-order valence-corrected chi connectivity index (χ1v) is 3.34. The third kappa shape index (κ3) is 6.31. The Labute approximate surface area is 56.8 Å². The lowest BCUT2D eigenvalue weighted by molar-refractivity contribution is 0.158. The van der Waals surface area contributed by atoms with E-state index in [1.165, 1.54) is 0 Å². The average molecular weight is 133 g/mol. The van der Waals surface area contributed by atoms with Crippen molar-refractivity contribution >= 4 is 12.6 Å². The van der Waals surface area contributed by atoms with Crippen LogP contribution in [-0.4, -0.2) is 18.5 Å². The third-order valence-corrected chi connectivity index (χ3v) is 1.08. The predicted molar refractivity (Wildman–Crippen MR) is 39.2 cm³/mol. The summed E-state index contributed by atoms with van der Waals surface area (Å²) >= 11 is 4.17. The number of hydrogen-bond acceptors (Lipinski definition) is 2. The molecule has 0 heterocycles. The summed E-state index contributed by atoms with van der Waals surface area (Å²) in [6.07, 6.45) is 1.01. The van der Waals surface area contributed by atoms with Gasteiger partial charge in [-0.1, -0.05) is 6.92 Å². The first-order valence-electron chi connectivity index (χ1n) is 2.82. The van der Waals surface area contributed by atoms with Gasteiger partial charge >= 0.3 is 0 Å². The molecular weight excluding hydrogens is 120 g/mol. The fraction of sp³-hybridized carbons (Fsp3) is 0.833. The minimum absolute atomic E-state index is 0.446. The largest absolute Gasteiger partial charge is 0.381 e. The number of hydrogen-bond donors (Lipinski definition) is 1. The van der Waals surface area contributed by atoms with Gasteiger partial charge in [0.05, 0.1) is 0 Å². The summed E-state index contributed by atoms with van der Waals surface area (Å²) < 4.78 is 4.98. The van der Waals surface area contributed by atoms with E-state index < -0.39 is 0 Å². The fourth-order valence-corrected chi connectivity index (χ4v) is 0.461. The van der Waals surface area contributed by atoms with Gasteiger partial charge in [-0.3, -0.25) is 0 Å². The van der Waals surface area contributed by atoms with Crippen molar-refractivity contribution in [3.8, 4) is 0 Å². The van der Waals surface area contributed by atoms with Gasteiger partial charge in [0.25, 0.3) is 0 Å². The highest BCUT2D eigenvalue weighted by molar-refractivity contribution is 7.80. The molecule has 0 aliphatic heterocycles. The van der Waals surface area contributed by atoms with Gasteiger partial charge in [-0.05, 0) is 13.3 Å². The normalized spacial score (nSPS) is 13.9. The van der Waals surface area contributed by atoms with Gasteiger partial charge in [0, 0.05) is 18.5 Å². The van der Waals surface area contributed by atoms with Crippen molar-refractivity contribution in [2.45, 2.75) is 18.6 Å². The van der Waals surface area contributed by atoms with Crippen LogP contribution >= 0.6 is 12.6 Å². The van der Waals surface area contributed by atoms with E-state index in [0.29, 0.717) is 11.9 Å². The molecular formula is C6H13OS. The topological polar surface area (TPSA) is 9.23 Å². The monoisotopic (exact) mass is 133 g/mol. The molecule has 0 rings (SSSR count). The molecule has 1 unspecified atom stereocenters. The van der Waals surface area contributed by atoms with Crippen molar-refractivity contribution < 1.29 is 4.74 Å². The summed E-state index contributed by atoms with van der Waals surface area (Å²) in [5, 5.41) is 0.446. The van der Waals surface area contributed by atoms with Crippen LogP contribution in [0.3, 0.4) is 0 Å². The Bertz CT molecular complexity index is 45.8. The van der Waals surface area contributed by atoms with Gasteiger partial charge in [-0.2, -0.15) is 12.6 Å². The van der Waals surface area contributed by atoms with Crippen molar-refractivity contribution in [3.63, 3.8) is 0 Å². The SMILES string of the molecule is [CH2]COCCC(C)S. The molecule has 0 aliphatic rings. The molecule has 0 aromatic carbocycles. The van der Waals surface area contributed by atoms with Crippen LogP contribution in [0.15, 0.2) is 0 Å². The summed E-state index contributed by atoms with van der Waals surface area (Å²) in [6.45, 7) is 6.94. The molecule has 1 nitrogen and oxygen atoms in total. The molecule has 0 spiro atoms. The molecule has 8 heavy (non-hydrogen) atoms. The zero-order valence-electron chi connectivity index (χ0n) is 5.26. The molecule has 1 radical (unpaired) electrons. The van der Waals surface area contributed by atoms with E-state index >= 15 is 0 Å². The first kappa shape index (κ1) is 8.31. The lowest BCUT2D eigenvalue weighted by Crippen LogP contribution is -1.99. The lowest BCUT2D eigenvalue weighted by Gasteiger charge is -2.01. The van der Waals surface area contributed by atoms with Crippen LogP contribution in [0.4, 0.5) is 0 Å². The Hall–Kier alpha value is 0.310. The van der Waals surface area contributed by atoms with Crippen LogP contribution in [0, 0.1) is 6.92 Å². The van der Waals surface area contributed by atoms with E-state index in [1.807, 2.05) is 0 Å². The van der Waals surface area contributed by atoms with Crippen molar-refractivity contribution in [2.24, 2.45) is 0 Å². The standard InChI is InChI=1S/C6H13OS/c1-3-7-5-4-6(2)8/h6,8H,1,3-5H2,2H3. The second kappa shape index (κ2) is 5.45. The summed E-state index contributed by atoms with van der Waals surface area (Å²) in [7, 11) is 0. The Morgan fingerprint density at radius 3 is 2.75 bits per heavy atom. The van der Waals surface area contributed by atoms with E-state index in [9.17, 15) is 0 Å². The maximum atomic E-state index is 4.98. The molecule has 0 aliphatic carbocycles. The van der Waals surface area contributed by atoms with Crippen LogP contribution in [-0.2, 0) is 4.74 Å². The van der Waals surface area contributed by atoms with Crippen LogP contribution in [0.5, 0.6) is 0 Å². The fourth-order valence-electron chi connectivity index (χ4n) is 0.356. The minimum Gasteiger partial charge on any atom is -0.381 e. The van der Waals surface area contributed by atoms with Crippen LogP contribution in [0.1, 0.15) is 13.3 Å². The number of rotatable bonds is 4. The van der Waals surface area contributed by atoms with Crippen molar-refractivity contribution in [3.05, 3.63) is 6.92 Å². The molecule has 0 saturated heterocycles. The molecule has 0 aromatic rings. The lowest BCUT2D eigenvalue weighted by atomic mass is 10.3. The van der Waals surface area contributed by atoms with Crippen LogP contribution in [0.25, 0.3) is 0 Å². The predicted octanol–water partition coefficient (Wildman–Crippen LogP) is 1.55. The van der Waals surface area contributed by atoms with Crippen molar-refractivity contribution in [2.75, 3.05) is 13.2 Å². The van der Waals surface area contributed by atoms with Crippen molar-refractivity contribution in [1.29, 1.82) is 0 Å². The molecule has 1 atom stereocenters. The highest BCUT2D eigenvalue weighted by Gasteiger charge is 1.91. The average Bonchev–Trinajstić information content (AvgIpc) is 1.66. The van der Waals surface area contributed by atoms with Gasteiger partial charge in [-0.15, -0.1) is 0 Å². The molecule has 0 amide bonds. The zero-order chi connectivity index (χ0) is 6.41. The molecule has 0 N–H and O–H groups in total. The quantitative estimate of drug-likeness (QED) is 0.452. The smallest absolute Gasteiger partial charge is 0.0476 e. The summed E-state index contributed by atoms with van der Waals surface area (Å²) in [4.78, 5) is 0. The number of thiol groups is 1. The zero-order valence-corrected chi connectivity index (χ0v) is 6.16. The molecule has 0 saturated carbocycles. The van der Waals surface area contributed by atoms with Crippen LogP contribution < -0.4 is 0 Å². The second-order valence-electron chi connectivity index (χ2n) is 1.75. The van der Waals surface area contributed by atoms with Gasteiger partial charge in [0.15, 0.2) is 0 Å². The highest BCUT2D eigenvalue weighted by atomic mass is 32.1. The van der Waals surface area contributed by atoms with Gasteiger partial charge in [0.2, 0.25) is 0 Å². The van der Waals surface area contributed by atoms with E-state index in [-0.39, 0.29) is 0 Å². The second-order valence-corrected chi connectivity index (χ2v) is 2.63. The van der Waals surface area contributed by atoms with Crippen LogP contribution in [0.2, 0.25) is 0 Å².